The molecule has 0 radical (unpaired) electrons. The van der Waals surface area contributed by atoms with Crippen molar-refractivity contribution in [1.82, 2.24) is 15.0 Å². The highest BCUT2D eigenvalue weighted by Crippen LogP contribution is 2.45. The fourth-order valence-electron chi connectivity index (χ4n) is 4.93. The first-order chi connectivity index (χ1) is 15.6. The molecular weight excluding hydrogens is 418 g/mol. The quantitative estimate of drug-likeness (QED) is 0.531. The molecule has 1 saturated heterocycles. The van der Waals surface area contributed by atoms with Gasteiger partial charge >= 0.3 is 0 Å². The zero-order valence-corrected chi connectivity index (χ0v) is 19.5. The van der Waals surface area contributed by atoms with Crippen LogP contribution in [-0.2, 0) is 17.6 Å². The van der Waals surface area contributed by atoms with E-state index in [1.165, 1.54) is 22.3 Å². The summed E-state index contributed by atoms with van der Waals surface area (Å²) < 4.78 is 12.4. The van der Waals surface area contributed by atoms with E-state index in [4.69, 9.17) is 14.5 Å². The summed E-state index contributed by atoms with van der Waals surface area (Å²) in [6.07, 6.45) is 7.42. The van der Waals surface area contributed by atoms with E-state index >= 15 is 0 Å². The number of allylic oxidation sites excluding steroid dienone is 1. The van der Waals surface area contributed by atoms with Gasteiger partial charge in [0.2, 0.25) is 0 Å². The third-order valence-electron chi connectivity index (χ3n) is 6.79. The van der Waals surface area contributed by atoms with Crippen LogP contribution in [0.15, 0.2) is 42.5 Å². The minimum atomic E-state index is -0.155. The van der Waals surface area contributed by atoms with Gasteiger partial charge in [0.1, 0.15) is 10.8 Å². The molecule has 0 bridgehead atoms. The largest absolute Gasteiger partial charge is 0.493 e. The molecule has 3 aromatic rings. The fourth-order valence-corrected chi connectivity index (χ4v) is 6.06. The van der Waals surface area contributed by atoms with Crippen LogP contribution in [0.2, 0.25) is 0 Å². The SMILES string of the molecule is Cc1nc(-c2ccc3c(c2)CCO3)sc1C1OC(c2cccc3c2C=CCC3)N(C)N1C. The Kier molecular flexibility index (Phi) is 4.91. The molecule has 1 fully saturated rings. The minimum absolute atomic E-state index is 0.121. The average Bonchev–Trinajstić information content (AvgIpc) is 3.51. The van der Waals surface area contributed by atoms with Crippen molar-refractivity contribution in [3.8, 4) is 16.3 Å². The van der Waals surface area contributed by atoms with Crippen LogP contribution in [0.5, 0.6) is 5.75 Å². The molecule has 0 amide bonds. The summed E-state index contributed by atoms with van der Waals surface area (Å²) in [5.74, 6) is 1.01. The van der Waals surface area contributed by atoms with Crippen LogP contribution < -0.4 is 4.74 Å². The molecule has 2 unspecified atom stereocenters. The molecular formula is C26H27N3O2S. The number of benzene rings is 2. The maximum atomic E-state index is 6.70. The number of aromatic nitrogens is 1. The molecule has 6 rings (SSSR count). The van der Waals surface area contributed by atoms with Crippen molar-refractivity contribution in [2.24, 2.45) is 0 Å². The smallest absolute Gasteiger partial charge is 0.162 e. The summed E-state index contributed by atoms with van der Waals surface area (Å²) >= 11 is 1.73. The summed E-state index contributed by atoms with van der Waals surface area (Å²) in [4.78, 5) is 6.08. The molecule has 0 N–H and O–H groups in total. The van der Waals surface area contributed by atoms with E-state index in [0.29, 0.717) is 0 Å². The van der Waals surface area contributed by atoms with Crippen molar-refractivity contribution < 1.29 is 9.47 Å². The van der Waals surface area contributed by atoms with E-state index < -0.39 is 0 Å². The number of ether oxygens (including phenoxy) is 2. The van der Waals surface area contributed by atoms with E-state index in [-0.39, 0.29) is 12.5 Å². The third kappa shape index (κ3) is 3.21. The van der Waals surface area contributed by atoms with Crippen molar-refractivity contribution in [3.63, 3.8) is 0 Å². The summed E-state index contributed by atoms with van der Waals surface area (Å²) in [7, 11) is 4.20. The first-order valence-electron chi connectivity index (χ1n) is 11.2. The Morgan fingerprint density at radius 1 is 1.03 bits per heavy atom. The second kappa shape index (κ2) is 7.81. The Balaban J connectivity index is 1.33. The van der Waals surface area contributed by atoms with E-state index in [1.807, 2.05) is 0 Å². The van der Waals surface area contributed by atoms with Crippen LogP contribution in [0, 0.1) is 6.92 Å². The molecule has 0 spiro atoms. The minimum Gasteiger partial charge on any atom is -0.493 e. The van der Waals surface area contributed by atoms with Gasteiger partial charge in [-0.3, -0.25) is 0 Å². The molecule has 2 aliphatic heterocycles. The molecule has 3 heterocycles. The number of rotatable bonds is 3. The van der Waals surface area contributed by atoms with Gasteiger partial charge in [0, 0.05) is 31.6 Å². The summed E-state index contributed by atoms with van der Waals surface area (Å²) in [5, 5.41) is 5.43. The second-order valence-electron chi connectivity index (χ2n) is 8.74. The predicted molar refractivity (Wildman–Crippen MR) is 127 cm³/mol. The van der Waals surface area contributed by atoms with Gasteiger partial charge in [-0.1, -0.05) is 30.4 Å². The maximum absolute atomic E-state index is 6.70. The number of aryl methyl sites for hydroxylation is 2. The molecule has 32 heavy (non-hydrogen) atoms. The number of thiazole rings is 1. The number of hydrogen-bond acceptors (Lipinski definition) is 6. The molecule has 2 atom stereocenters. The summed E-state index contributed by atoms with van der Waals surface area (Å²) in [6.45, 7) is 2.86. The van der Waals surface area contributed by atoms with Gasteiger partial charge in [-0.25, -0.2) is 15.0 Å². The number of hydrazine groups is 1. The molecule has 6 heteroatoms. The topological polar surface area (TPSA) is 37.8 Å². The van der Waals surface area contributed by atoms with Crippen LogP contribution in [0.25, 0.3) is 16.6 Å². The highest BCUT2D eigenvalue weighted by Gasteiger charge is 2.40. The van der Waals surface area contributed by atoms with Crippen molar-refractivity contribution >= 4 is 17.4 Å². The van der Waals surface area contributed by atoms with Crippen molar-refractivity contribution in [3.05, 3.63) is 75.3 Å². The molecule has 5 nitrogen and oxygen atoms in total. The lowest BCUT2D eigenvalue weighted by atomic mass is 9.92. The zero-order chi connectivity index (χ0) is 21.8. The summed E-state index contributed by atoms with van der Waals surface area (Å²) in [6, 6.07) is 13.0. The van der Waals surface area contributed by atoms with E-state index in [1.54, 1.807) is 11.3 Å². The number of hydrogen-bond donors (Lipinski definition) is 0. The van der Waals surface area contributed by atoms with Crippen molar-refractivity contribution in [2.75, 3.05) is 20.7 Å². The molecule has 2 aromatic carbocycles. The molecule has 1 aliphatic carbocycles. The monoisotopic (exact) mass is 445 g/mol. The van der Waals surface area contributed by atoms with Gasteiger partial charge in [-0.15, -0.1) is 11.3 Å². The lowest BCUT2D eigenvalue weighted by Crippen LogP contribution is -2.32. The van der Waals surface area contributed by atoms with Crippen molar-refractivity contribution in [2.45, 2.75) is 38.6 Å². The first-order valence-corrected chi connectivity index (χ1v) is 12.0. The Labute approximate surface area is 192 Å². The molecule has 164 valence electrons. The Morgan fingerprint density at radius 2 is 1.91 bits per heavy atom. The van der Waals surface area contributed by atoms with E-state index in [9.17, 15) is 0 Å². The van der Waals surface area contributed by atoms with Gasteiger partial charge in [-0.05, 0) is 54.7 Å². The lowest BCUT2D eigenvalue weighted by molar-refractivity contribution is 0.00558. The van der Waals surface area contributed by atoms with E-state index in [0.717, 1.165) is 52.8 Å². The number of nitrogens with zero attached hydrogens (tertiary/aromatic N) is 3. The van der Waals surface area contributed by atoms with Gasteiger partial charge in [-0.2, -0.15) is 0 Å². The summed E-state index contributed by atoms with van der Waals surface area (Å²) in [5.41, 5.74) is 7.41. The third-order valence-corrected chi connectivity index (χ3v) is 8.03. The second-order valence-corrected chi connectivity index (χ2v) is 9.77. The fraction of sp³-hybridized carbons (Fsp3) is 0.346. The normalized spacial score (nSPS) is 22.7. The molecule has 3 aliphatic rings. The Hall–Kier alpha value is -2.51. The number of fused-ring (bicyclic) bond motifs is 2. The zero-order valence-electron chi connectivity index (χ0n) is 18.7. The van der Waals surface area contributed by atoms with Crippen LogP contribution in [-0.4, -0.2) is 35.7 Å². The average molecular weight is 446 g/mol. The van der Waals surface area contributed by atoms with Crippen LogP contribution >= 0.6 is 11.3 Å². The maximum Gasteiger partial charge on any atom is 0.162 e. The van der Waals surface area contributed by atoms with Gasteiger partial charge in [0.15, 0.2) is 12.5 Å². The highest BCUT2D eigenvalue weighted by molar-refractivity contribution is 7.15. The Morgan fingerprint density at radius 3 is 2.81 bits per heavy atom. The molecule has 1 aromatic heterocycles. The Bertz CT molecular complexity index is 1220. The van der Waals surface area contributed by atoms with Crippen LogP contribution in [0.3, 0.4) is 0 Å². The van der Waals surface area contributed by atoms with Crippen LogP contribution in [0.4, 0.5) is 0 Å². The van der Waals surface area contributed by atoms with E-state index in [2.05, 4.69) is 79.6 Å². The highest BCUT2D eigenvalue weighted by atomic mass is 32.1. The van der Waals surface area contributed by atoms with Gasteiger partial charge in [0.25, 0.3) is 0 Å². The molecule has 0 saturated carbocycles. The van der Waals surface area contributed by atoms with Gasteiger partial charge < -0.3 is 9.47 Å². The van der Waals surface area contributed by atoms with Crippen LogP contribution in [0.1, 0.15) is 51.7 Å². The standard InChI is InChI=1S/C26H27N3O2S/c1-16-23(32-24(27-16)19-11-12-22-18(15-19)13-14-30-22)26-29(3)28(2)25(31-26)21-10-6-8-17-7-4-5-9-20(17)21/h5-6,8-12,15,25-26H,4,7,13-14H2,1-3H3. The van der Waals surface area contributed by atoms with Crippen molar-refractivity contribution in [1.29, 1.82) is 0 Å². The van der Waals surface area contributed by atoms with Gasteiger partial charge in [0.05, 0.1) is 17.2 Å². The predicted octanol–water partition coefficient (Wildman–Crippen LogP) is 5.52. The first kappa shape index (κ1) is 20.1. The lowest BCUT2D eigenvalue weighted by Gasteiger charge is -2.26.